The summed E-state index contributed by atoms with van der Waals surface area (Å²) in [5, 5.41) is 14.9. The van der Waals surface area contributed by atoms with Crippen molar-refractivity contribution in [3.63, 3.8) is 0 Å². The zero-order valence-corrected chi connectivity index (χ0v) is 9.00. The average molecular weight is 218 g/mol. The van der Waals surface area contributed by atoms with E-state index in [0.717, 1.165) is 5.82 Å². The molecule has 2 heterocycles. The third-order valence-corrected chi connectivity index (χ3v) is 3.07. The quantitative estimate of drug-likeness (QED) is 0.822. The van der Waals surface area contributed by atoms with Crippen molar-refractivity contribution in [2.45, 2.75) is 38.1 Å². The molecule has 0 spiro atoms. The van der Waals surface area contributed by atoms with Crippen molar-refractivity contribution in [2.24, 2.45) is 0 Å². The molecule has 1 N–H and O–H groups in total. The number of hydrogen-bond acceptors (Lipinski definition) is 5. The number of nitrogens with one attached hydrogen (secondary N) is 1. The van der Waals surface area contributed by atoms with Gasteiger partial charge in [0.1, 0.15) is 0 Å². The summed E-state index contributed by atoms with van der Waals surface area (Å²) in [7, 11) is 0. The Morgan fingerprint density at radius 1 is 1.19 bits per heavy atom. The van der Waals surface area contributed by atoms with Crippen LogP contribution in [-0.2, 0) is 0 Å². The lowest BCUT2D eigenvalue weighted by molar-refractivity contribution is 0.461. The summed E-state index contributed by atoms with van der Waals surface area (Å²) in [6.07, 6.45) is 9.83. The Hall–Kier alpha value is -1.72. The number of anilines is 1. The van der Waals surface area contributed by atoms with Crippen LogP contribution in [0.1, 0.15) is 32.1 Å². The van der Waals surface area contributed by atoms with Gasteiger partial charge >= 0.3 is 0 Å². The zero-order chi connectivity index (χ0) is 10.8. The van der Waals surface area contributed by atoms with Crippen LogP contribution in [0.4, 0.5) is 5.82 Å². The lowest BCUT2D eigenvalue weighted by atomic mass is 9.96. The van der Waals surface area contributed by atoms with Gasteiger partial charge in [-0.15, -0.1) is 5.10 Å². The van der Waals surface area contributed by atoms with Crippen LogP contribution >= 0.6 is 0 Å². The largest absolute Gasteiger partial charge is 0.366 e. The first kappa shape index (κ1) is 9.50. The molecule has 16 heavy (non-hydrogen) atoms. The van der Waals surface area contributed by atoms with E-state index < -0.39 is 0 Å². The highest BCUT2D eigenvalue weighted by Crippen LogP contribution is 2.21. The number of nitrogens with zero attached hydrogens (tertiary/aromatic N) is 5. The first-order valence-corrected chi connectivity index (χ1v) is 5.72. The second-order valence-corrected chi connectivity index (χ2v) is 4.22. The van der Waals surface area contributed by atoms with Crippen LogP contribution in [0.3, 0.4) is 0 Å². The molecule has 1 fully saturated rings. The van der Waals surface area contributed by atoms with Gasteiger partial charge in [0, 0.05) is 6.04 Å². The molecular weight excluding hydrogens is 204 g/mol. The van der Waals surface area contributed by atoms with Gasteiger partial charge in [0.05, 0.1) is 12.4 Å². The summed E-state index contributed by atoms with van der Waals surface area (Å²) >= 11 is 0. The van der Waals surface area contributed by atoms with E-state index in [4.69, 9.17) is 0 Å². The van der Waals surface area contributed by atoms with Crippen LogP contribution in [0.5, 0.6) is 0 Å². The van der Waals surface area contributed by atoms with E-state index in [2.05, 4.69) is 25.8 Å². The molecule has 84 valence electrons. The summed E-state index contributed by atoms with van der Waals surface area (Å²) < 4.78 is 1.70. The molecule has 0 atom stereocenters. The maximum atomic E-state index is 4.12. The lowest BCUT2D eigenvalue weighted by Crippen LogP contribution is -2.23. The molecule has 0 aromatic carbocycles. The number of aromatic nitrogens is 5. The van der Waals surface area contributed by atoms with Crippen LogP contribution < -0.4 is 5.32 Å². The van der Waals surface area contributed by atoms with E-state index in [1.165, 1.54) is 32.1 Å². The molecule has 0 unspecified atom stereocenters. The van der Waals surface area contributed by atoms with Gasteiger partial charge in [-0.1, -0.05) is 19.3 Å². The molecule has 0 aliphatic heterocycles. The van der Waals surface area contributed by atoms with Gasteiger partial charge < -0.3 is 5.32 Å². The zero-order valence-electron chi connectivity index (χ0n) is 9.00. The number of rotatable bonds is 2. The predicted molar refractivity (Wildman–Crippen MR) is 59.1 cm³/mol. The van der Waals surface area contributed by atoms with Gasteiger partial charge in [0.15, 0.2) is 11.5 Å². The highest BCUT2D eigenvalue weighted by molar-refractivity contribution is 5.44. The number of tetrazole rings is 1. The average Bonchev–Trinajstić information content (AvgIpc) is 2.80. The summed E-state index contributed by atoms with van der Waals surface area (Å²) in [4.78, 5) is 4.12. The van der Waals surface area contributed by atoms with Gasteiger partial charge in [-0.3, -0.25) is 4.98 Å². The van der Waals surface area contributed by atoms with Crippen molar-refractivity contribution in [1.82, 2.24) is 25.0 Å². The minimum Gasteiger partial charge on any atom is -0.366 e. The first-order chi connectivity index (χ1) is 7.93. The summed E-state index contributed by atoms with van der Waals surface area (Å²) in [6, 6.07) is 0.533. The maximum absolute atomic E-state index is 4.12. The van der Waals surface area contributed by atoms with Crippen molar-refractivity contribution < 1.29 is 0 Å². The number of fused-ring (bicyclic) bond motifs is 1. The molecular formula is C10H14N6. The molecule has 1 aliphatic rings. The van der Waals surface area contributed by atoms with E-state index >= 15 is 0 Å². The van der Waals surface area contributed by atoms with E-state index in [0.29, 0.717) is 11.7 Å². The third-order valence-electron chi connectivity index (χ3n) is 3.07. The van der Waals surface area contributed by atoms with Crippen molar-refractivity contribution in [3.05, 3.63) is 12.4 Å². The van der Waals surface area contributed by atoms with Gasteiger partial charge in [0.25, 0.3) is 0 Å². The topological polar surface area (TPSA) is 68.0 Å². The van der Waals surface area contributed by atoms with Gasteiger partial charge in [-0.25, -0.2) is 0 Å². The fraction of sp³-hybridized carbons (Fsp3) is 0.600. The first-order valence-electron chi connectivity index (χ1n) is 5.72. The molecule has 0 bridgehead atoms. The van der Waals surface area contributed by atoms with Crippen LogP contribution in [0.2, 0.25) is 0 Å². The van der Waals surface area contributed by atoms with Gasteiger partial charge in [-0.2, -0.15) is 4.52 Å². The maximum Gasteiger partial charge on any atom is 0.199 e. The van der Waals surface area contributed by atoms with Crippen LogP contribution in [0.15, 0.2) is 12.4 Å². The smallest absolute Gasteiger partial charge is 0.199 e. The second-order valence-electron chi connectivity index (χ2n) is 4.22. The molecule has 6 heteroatoms. The highest BCUT2D eigenvalue weighted by atomic mass is 15.5. The van der Waals surface area contributed by atoms with E-state index in [9.17, 15) is 0 Å². The highest BCUT2D eigenvalue weighted by Gasteiger charge is 2.14. The molecule has 1 aliphatic carbocycles. The molecule has 1 saturated carbocycles. The lowest BCUT2D eigenvalue weighted by Gasteiger charge is -2.23. The summed E-state index contributed by atoms with van der Waals surface area (Å²) in [5.41, 5.74) is 0.681. The van der Waals surface area contributed by atoms with E-state index in [1.54, 1.807) is 16.9 Å². The Kier molecular flexibility index (Phi) is 2.40. The van der Waals surface area contributed by atoms with Gasteiger partial charge in [0.2, 0.25) is 0 Å². The third kappa shape index (κ3) is 1.70. The molecule has 0 radical (unpaired) electrons. The molecule has 3 rings (SSSR count). The van der Waals surface area contributed by atoms with Crippen molar-refractivity contribution in [3.8, 4) is 0 Å². The van der Waals surface area contributed by atoms with E-state index in [-0.39, 0.29) is 0 Å². The minimum atomic E-state index is 0.533. The molecule has 0 amide bonds. The molecule has 2 aromatic heterocycles. The van der Waals surface area contributed by atoms with Crippen LogP contribution in [-0.4, -0.2) is 31.1 Å². The summed E-state index contributed by atoms with van der Waals surface area (Å²) in [5.74, 6) is 0.884. The Labute approximate surface area is 93.1 Å². The monoisotopic (exact) mass is 218 g/mol. The fourth-order valence-corrected chi connectivity index (χ4v) is 2.23. The van der Waals surface area contributed by atoms with Crippen molar-refractivity contribution >= 4 is 11.5 Å². The fourth-order valence-electron chi connectivity index (χ4n) is 2.23. The predicted octanol–water partition coefficient (Wildman–Crippen LogP) is 1.26. The summed E-state index contributed by atoms with van der Waals surface area (Å²) in [6.45, 7) is 0. The second kappa shape index (κ2) is 4.03. The van der Waals surface area contributed by atoms with Crippen molar-refractivity contribution in [2.75, 3.05) is 5.32 Å². The Morgan fingerprint density at radius 3 is 2.94 bits per heavy atom. The molecule has 0 saturated heterocycles. The Balaban J connectivity index is 1.85. The standard InChI is InChI=1S/C10H14N6/c1-2-4-8(5-3-1)12-9-6-11-7-10-13-14-15-16(9)10/h6-8,12H,1-5H2. The van der Waals surface area contributed by atoms with Crippen molar-refractivity contribution in [1.29, 1.82) is 0 Å². The molecule has 6 nitrogen and oxygen atoms in total. The van der Waals surface area contributed by atoms with E-state index in [1.807, 2.05) is 0 Å². The number of hydrogen-bond donors (Lipinski definition) is 1. The minimum absolute atomic E-state index is 0.533. The van der Waals surface area contributed by atoms with Crippen LogP contribution in [0.25, 0.3) is 5.65 Å². The Morgan fingerprint density at radius 2 is 2.06 bits per heavy atom. The van der Waals surface area contributed by atoms with Gasteiger partial charge in [-0.05, 0) is 23.3 Å². The Bertz CT molecular complexity index is 473. The van der Waals surface area contributed by atoms with Crippen LogP contribution in [0, 0.1) is 0 Å². The SMILES string of the molecule is c1ncc2nnnn2c1NC1CCCCC1. The molecule has 2 aromatic rings. The normalized spacial score (nSPS) is 17.8.